The maximum absolute atomic E-state index is 11.5. The average Bonchev–Trinajstić information content (AvgIpc) is 2.31. The Balaban J connectivity index is 2.65. The van der Waals surface area contributed by atoms with E-state index in [0.717, 1.165) is 18.7 Å². The number of nitrogen functional groups attached to an aromatic ring is 1. The first kappa shape index (κ1) is 14.4. The van der Waals surface area contributed by atoms with Gasteiger partial charge in [0.05, 0.1) is 23.5 Å². The van der Waals surface area contributed by atoms with Gasteiger partial charge >= 0.3 is 5.97 Å². The number of carbonyl (C=O) groups is 1. The lowest BCUT2D eigenvalue weighted by Crippen LogP contribution is -2.09. The Morgan fingerprint density at radius 2 is 2.17 bits per heavy atom. The Kier molecular flexibility index (Phi) is 5.49. The quantitative estimate of drug-likeness (QED) is 0.602. The van der Waals surface area contributed by atoms with E-state index in [9.17, 15) is 4.79 Å². The SMILES string of the molecule is CCOC(=O)c1ccc(NCCC(C)C)c(N)c1. The van der Waals surface area contributed by atoms with Crippen molar-refractivity contribution in [3.8, 4) is 0 Å². The lowest BCUT2D eigenvalue weighted by molar-refractivity contribution is 0.0526. The van der Waals surface area contributed by atoms with Gasteiger partial charge in [-0.25, -0.2) is 4.79 Å². The molecule has 4 heteroatoms. The van der Waals surface area contributed by atoms with Gasteiger partial charge in [0.2, 0.25) is 0 Å². The zero-order valence-electron chi connectivity index (χ0n) is 11.3. The Labute approximate surface area is 109 Å². The van der Waals surface area contributed by atoms with Gasteiger partial charge in [0.25, 0.3) is 0 Å². The van der Waals surface area contributed by atoms with Crippen molar-refractivity contribution in [2.24, 2.45) is 5.92 Å². The van der Waals surface area contributed by atoms with Crippen LogP contribution in [0.4, 0.5) is 11.4 Å². The molecule has 1 aromatic carbocycles. The molecule has 0 aliphatic heterocycles. The Morgan fingerprint density at radius 3 is 2.72 bits per heavy atom. The highest BCUT2D eigenvalue weighted by Gasteiger charge is 2.08. The van der Waals surface area contributed by atoms with Crippen LogP contribution < -0.4 is 11.1 Å². The van der Waals surface area contributed by atoms with Gasteiger partial charge in [-0.05, 0) is 37.5 Å². The van der Waals surface area contributed by atoms with Crippen LogP contribution >= 0.6 is 0 Å². The summed E-state index contributed by atoms with van der Waals surface area (Å²) < 4.78 is 4.92. The molecule has 4 nitrogen and oxygen atoms in total. The van der Waals surface area contributed by atoms with E-state index in [-0.39, 0.29) is 5.97 Å². The highest BCUT2D eigenvalue weighted by Crippen LogP contribution is 2.20. The molecule has 3 N–H and O–H groups in total. The molecule has 0 saturated carbocycles. The van der Waals surface area contributed by atoms with Gasteiger partial charge in [-0.3, -0.25) is 0 Å². The number of carbonyl (C=O) groups excluding carboxylic acids is 1. The second kappa shape index (κ2) is 6.89. The summed E-state index contributed by atoms with van der Waals surface area (Å²) in [6.07, 6.45) is 1.08. The van der Waals surface area contributed by atoms with E-state index in [1.165, 1.54) is 0 Å². The fourth-order valence-corrected chi connectivity index (χ4v) is 1.56. The number of nitrogens with one attached hydrogen (secondary N) is 1. The van der Waals surface area contributed by atoms with Crippen molar-refractivity contribution in [1.29, 1.82) is 0 Å². The smallest absolute Gasteiger partial charge is 0.338 e. The van der Waals surface area contributed by atoms with E-state index in [2.05, 4.69) is 19.2 Å². The number of hydrogen-bond donors (Lipinski definition) is 2. The fraction of sp³-hybridized carbons (Fsp3) is 0.500. The molecule has 0 spiro atoms. The first-order valence-electron chi connectivity index (χ1n) is 6.35. The first-order valence-corrected chi connectivity index (χ1v) is 6.35. The molecule has 0 amide bonds. The fourth-order valence-electron chi connectivity index (χ4n) is 1.56. The van der Waals surface area contributed by atoms with E-state index in [1.54, 1.807) is 19.1 Å². The normalized spacial score (nSPS) is 10.4. The highest BCUT2D eigenvalue weighted by molar-refractivity contribution is 5.91. The molecule has 0 radical (unpaired) electrons. The molecule has 0 bridgehead atoms. The van der Waals surface area contributed by atoms with Crippen LogP contribution in [0, 0.1) is 5.92 Å². The van der Waals surface area contributed by atoms with E-state index in [0.29, 0.717) is 23.8 Å². The Bertz CT molecular complexity index is 403. The van der Waals surface area contributed by atoms with Crippen molar-refractivity contribution < 1.29 is 9.53 Å². The summed E-state index contributed by atoms with van der Waals surface area (Å²) in [5.41, 5.74) is 7.83. The molecular formula is C14H22N2O2. The van der Waals surface area contributed by atoms with Crippen molar-refractivity contribution in [2.75, 3.05) is 24.2 Å². The summed E-state index contributed by atoms with van der Waals surface area (Å²) >= 11 is 0. The molecule has 0 saturated heterocycles. The van der Waals surface area contributed by atoms with Gasteiger partial charge in [0.1, 0.15) is 0 Å². The number of nitrogens with two attached hydrogens (primary N) is 1. The second-order valence-corrected chi connectivity index (χ2v) is 4.63. The van der Waals surface area contributed by atoms with Crippen LogP contribution in [0.1, 0.15) is 37.6 Å². The first-order chi connectivity index (χ1) is 8.54. The molecular weight excluding hydrogens is 228 g/mol. The summed E-state index contributed by atoms with van der Waals surface area (Å²) in [5, 5.41) is 3.27. The highest BCUT2D eigenvalue weighted by atomic mass is 16.5. The van der Waals surface area contributed by atoms with Gasteiger partial charge in [0, 0.05) is 6.54 Å². The molecule has 100 valence electrons. The number of benzene rings is 1. The predicted molar refractivity (Wildman–Crippen MR) is 74.8 cm³/mol. The van der Waals surface area contributed by atoms with Gasteiger partial charge < -0.3 is 15.8 Å². The number of ether oxygens (including phenoxy) is 1. The van der Waals surface area contributed by atoms with Crippen LogP contribution in [0.3, 0.4) is 0 Å². The van der Waals surface area contributed by atoms with E-state index < -0.39 is 0 Å². The van der Waals surface area contributed by atoms with Crippen LogP contribution in [0.25, 0.3) is 0 Å². The molecule has 1 aromatic rings. The maximum Gasteiger partial charge on any atom is 0.338 e. The topological polar surface area (TPSA) is 64.3 Å². The van der Waals surface area contributed by atoms with E-state index in [4.69, 9.17) is 10.5 Å². The minimum Gasteiger partial charge on any atom is -0.462 e. The van der Waals surface area contributed by atoms with Crippen LogP contribution in [0.5, 0.6) is 0 Å². The number of esters is 1. The third-order valence-electron chi connectivity index (χ3n) is 2.60. The van der Waals surface area contributed by atoms with Gasteiger partial charge in [-0.2, -0.15) is 0 Å². The minimum atomic E-state index is -0.335. The van der Waals surface area contributed by atoms with E-state index >= 15 is 0 Å². The van der Waals surface area contributed by atoms with Crippen molar-refractivity contribution in [2.45, 2.75) is 27.2 Å². The monoisotopic (exact) mass is 250 g/mol. The molecule has 0 heterocycles. The second-order valence-electron chi connectivity index (χ2n) is 4.63. The zero-order valence-corrected chi connectivity index (χ0v) is 11.3. The molecule has 0 unspecified atom stereocenters. The zero-order chi connectivity index (χ0) is 13.5. The van der Waals surface area contributed by atoms with Crippen LogP contribution in [0.15, 0.2) is 18.2 Å². The predicted octanol–water partition coefficient (Wildman–Crippen LogP) is 2.90. The van der Waals surface area contributed by atoms with Crippen LogP contribution in [-0.2, 0) is 4.74 Å². The standard InChI is InChI=1S/C14H22N2O2/c1-4-18-14(17)11-5-6-13(12(15)9-11)16-8-7-10(2)3/h5-6,9-10,16H,4,7-8,15H2,1-3H3. The summed E-state index contributed by atoms with van der Waals surface area (Å²) in [4.78, 5) is 11.5. The molecule has 0 aliphatic rings. The number of anilines is 2. The lowest BCUT2D eigenvalue weighted by atomic mass is 10.1. The maximum atomic E-state index is 11.5. The van der Waals surface area contributed by atoms with Crippen molar-refractivity contribution >= 4 is 17.3 Å². The molecule has 0 aliphatic carbocycles. The molecule has 18 heavy (non-hydrogen) atoms. The summed E-state index contributed by atoms with van der Waals surface area (Å²) in [7, 11) is 0. The van der Waals surface area contributed by atoms with Gasteiger partial charge in [-0.1, -0.05) is 13.8 Å². The summed E-state index contributed by atoms with van der Waals surface area (Å²) in [5.74, 6) is 0.315. The summed E-state index contributed by atoms with van der Waals surface area (Å²) in [6.45, 7) is 7.38. The summed E-state index contributed by atoms with van der Waals surface area (Å²) in [6, 6.07) is 5.20. The minimum absolute atomic E-state index is 0.335. The van der Waals surface area contributed by atoms with Gasteiger partial charge in [0.15, 0.2) is 0 Å². The third-order valence-corrected chi connectivity index (χ3v) is 2.60. The molecule has 0 aromatic heterocycles. The average molecular weight is 250 g/mol. The van der Waals surface area contributed by atoms with Crippen molar-refractivity contribution in [3.63, 3.8) is 0 Å². The van der Waals surface area contributed by atoms with Crippen LogP contribution in [-0.4, -0.2) is 19.1 Å². The number of rotatable bonds is 6. The Morgan fingerprint density at radius 1 is 1.44 bits per heavy atom. The van der Waals surface area contributed by atoms with Crippen molar-refractivity contribution in [1.82, 2.24) is 0 Å². The number of hydrogen-bond acceptors (Lipinski definition) is 4. The largest absolute Gasteiger partial charge is 0.462 e. The third kappa shape index (κ3) is 4.28. The van der Waals surface area contributed by atoms with Crippen LogP contribution in [0.2, 0.25) is 0 Å². The molecule has 0 fully saturated rings. The Hall–Kier alpha value is -1.71. The van der Waals surface area contributed by atoms with Gasteiger partial charge in [-0.15, -0.1) is 0 Å². The van der Waals surface area contributed by atoms with Crippen molar-refractivity contribution in [3.05, 3.63) is 23.8 Å². The molecule has 1 rings (SSSR count). The van der Waals surface area contributed by atoms with E-state index in [1.807, 2.05) is 6.07 Å². The molecule has 0 atom stereocenters. The lowest BCUT2D eigenvalue weighted by Gasteiger charge is -2.11.